The molecule has 0 N–H and O–H groups in total. The molecule has 2 heterocycles. The zero-order valence-corrected chi connectivity index (χ0v) is 21.3. The molecule has 0 unspecified atom stereocenters. The van der Waals surface area contributed by atoms with Crippen LogP contribution in [0.1, 0.15) is 42.3 Å². The second-order valence-electron chi connectivity index (χ2n) is 8.34. The summed E-state index contributed by atoms with van der Waals surface area (Å²) in [6.45, 7) is 7.71. The molecule has 0 spiro atoms. The van der Waals surface area contributed by atoms with Crippen LogP contribution >= 0.6 is 11.3 Å². The summed E-state index contributed by atoms with van der Waals surface area (Å²) in [5.74, 6) is -2.14. The molecule has 36 heavy (non-hydrogen) atoms. The second-order valence-corrected chi connectivity index (χ2v) is 9.34. The molecule has 2 aromatic carbocycles. The van der Waals surface area contributed by atoms with E-state index < -0.39 is 23.0 Å². The highest BCUT2D eigenvalue weighted by atomic mass is 32.1. The zero-order chi connectivity index (χ0) is 25.8. The number of halogens is 2. The van der Waals surface area contributed by atoms with Crippen molar-refractivity contribution in [2.45, 2.75) is 33.9 Å². The Morgan fingerprint density at radius 2 is 1.64 bits per heavy atom. The number of pyridine rings is 1. The van der Waals surface area contributed by atoms with Gasteiger partial charge in [-0.15, -0.1) is 11.3 Å². The van der Waals surface area contributed by atoms with E-state index in [4.69, 9.17) is 4.74 Å². The van der Waals surface area contributed by atoms with Crippen molar-refractivity contribution in [2.24, 2.45) is 0 Å². The summed E-state index contributed by atoms with van der Waals surface area (Å²) in [5, 5.41) is 0.382. The first-order valence-electron chi connectivity index (χ1n) is 12.0. The van der Waals surface area contributed by atoms with Crippen LogP contribution in [0.4, 0.5) is 8.78 Å². The summed E-state index contributed by atoms with van der Waals surface area (Å²) < 4.78 is 35.9. The van der Waals surface area contributed by atoms with Gasteiger partial charge in [0.25, 0.3) is 0 Å². The minimum Gasteiger partial charge on any atom is -0.462 e. The Kier molecular flexibility index (Phi) is 7.96. The third kappa shape index (κ3) is 4.96. The first-order valence-corrected chi connectivity index (χ1v) is 12.8. The van der Waals surface area contributed by atoms with Crippen molar-refractivity contribution >= 4 is 27.5 Å². The van der Waals surface area contributed by atoms with E-state index in [1.54, 1.807) is 11.5 Å². The summed E-state index contributed by atoms with van der Waals surface area (Å²) >= 11 is 1.38. The summed E-state index contributed by atoms with van der Waals surface area (Å²) in [7, 11) is 0. The number of hydrogen-bond donors (Lipinski definition) is 0. The van der Waals surface area contributed by atoms with Crippen LogP contribution in [0.2, 0.25) is 0 Å². The minimum atomic E-state index is -0.756. The van der Waals surface area contributed by atoms with Crippen LogP contribution in [0.25, 0.3) is 20.7 Å². The topological polar surface area (TPSA) is 51.5 Å². The van der Waals surface area contributed by atoms with E-state index >= 15 is 0 Å². The molecule has 0 amide bonds. The monoisotopic (exact) mass is 510 g/mol. The van der Waals surface area contributed by atoms with Gasteiger partial charge in [0.05, 0.1) is 18.5 Å². The Balaban J connectivity index is 2.05. The fraction of sp³-hybridized carbons (Fsp3) is 0.286. The highest BCUT2D eigenvalue weighted by Gasteiger charge is 2.25. The largest absolute Gasteiger partial charge is 0.462 e. The van der Waals surface area contributed by atoms with Gasteiger partial charge in [-0.1, -0.05) is 50.2 Å². The van der Waals surface area contributed by atoms with Gasteiger partial charge in [-0.2, -0.15) is 0 Å². The Morgan fingerprint density at radius 3 is 2.25 bits per heavy atom. The van der Waals surface area contributed by atoms with E-state index in [-0.39, 0.29) is 24.3 Å². The molecule has 4 aromatic rings. The van der Waals surface area contributed by atoms with Crippen LogP contribution in [0.15, 0.2) is 59.5 Å². The predicted molar refractivity (Wildman–Crippen MR) is 140 cm³/mol. The molecule has 0 radical (unpaired) electrons. The minimum absolute atomic E-state index is 0.101. The summed E-state index contributed by atoms with van der Waals surface area (Å²) in [6, 6.07) is 13.4. The Bertz CT molecular complexity index is 1420. The lowest BCUT2D eigenvalue weighted by atomic mass is 10.0. The molecule has 0 bridgehead atoms. The number of ether oxygens (including phenoxy) is 1. The highest BCUT2D eigenvalue weighted by molar-refractivity contribution is 7.22. The molecule has 8 heteroatoms. The van der Waals surface area contributed by atoms with Gasteiger partial charge in [-0.05, 0) is 43.3 Å². The number of rotatable bonds is 9. The second kappa shape index (κ2) is 11.1. The van der Waals surface area contributed by atoms with Crippen LogP contribution in [0.5, 0.6) is 0 Å². The molecular weight excluding hydrogens is 482 g/mol. The van der Waals surface area contributed by atoms with E-state index in [2.05, 4.69) is 4.90 Å². The number of fused-ring (bicyclic) bond motifs is 1. The van der Waals surface area contributed by atoms with Crippen LogP contribution in [-0.4, -0.2) is 35.1 Å². The first kappa shape index (κ1) is 25.7. The van der Waals surface area contributed by atoms with Gasteiger partial charge < -0.3 is 9.30 Å². The molecule has 5 nitrogen and oxygen atoms in total. The number of hydrogen-bond acceptors (Lipinski definition) is 5. The first-order chi connectivity index (χ1) is 17.4. The predicted octanol–water partition coefficient (Wildman–Crippen LogP) is 6.08. The quantitative estimate of drug-likeness (QED) is 0.256. The lowest BCUT2D eigenvalue weighted by molar-refractivity contribution is 0.0524. The van der Waals surface area contributed by atoms with Crippen molar-refractivity contribution < 1.29 is 18.3 Å². The number of aromatic nitrogens is 1. The summed E-state index contributed by atoms with van der Waals surface area (Å²) in [4.78, 5) is 30.1. The lowest BCUT2D eigenvalue weighted by Crippen LogP contribution is -2.25. The number of esters is 1. The van der Waals surface area contributed by atoms with E-state index in [0.29, 0.717) is 16.8 Å². The van der Waals surface area contributed by atoms with E-state index in [1.165, 1.54) is 35.7 Å². The molecule has 0 saturated heterocycles. The summed E-state index contributed by atoms with van der Waals surface area (Å²) in [5.41, 5.74) is 0.996. The molecule has 0 atom stereocenters. The number of benzene rings is 2. The van der Waals surface area contributed by atoms with Crippen molar-refractivity contribution in [2.75, 3.05) is 19.7 Å². The average Bonchev–Trinajstić information content (AvgIpc) is 3.26. The number of carbonyl (C=O) groups excluding carboxylic acids is 1. The number of carbonyl (C=O) groups is 1. The Labute approximate surface area is 212 Å². The third-order valence-electron chi connectivity index (χ3n) is 6.20. The van der Waals surface area contributed by atoms with Gasteiger partial charge >= 0.3 is 5.97 Å². The van der Waals surface area contributed by atoms with Gasteiger partial charge in [0.1, 0.15) is 22.0 Å². The van der Waals surface area contributed by atoms with E-state index in [1.807, 2.05) is 44.2 Å². The maximum absolute atomic E-state index is 14.6. The Morgan fingerprint density at radius 1 is 0.972 bits per heavy atom. The van der Waals surface area contributed by atoms with Crippen molar-refractivity contribution in [3.8, 4) is 10.4 Å². The van der Waals surface area contributed by atoms with Crippen LogP contribution in [0.3, 0.4) is 0 Å². The van der Waals surface area contributed by atoms with Gasteiger partial charge in [0, 0.05) is 23.2 Å². The van der Waals surface area contributed by atoms with Gasteiger partial charge in [0.15, 0.2) is 0 Å². The van der Waals surface area contributed by atoms with E-state index in [0.717, 1.165) is 29.1 Å². The molecular formula is C28H28F2N2O3S. The molecule has 4 rings (SSSR count). The maximum atomic E-state index is 14.6. The highest BCUT2D eigenvalue weighted by Crippen LogP contribution is 2.38. The van der Waals surface area contributed by atoms with Crippen molar-refractivity contribution in [3.05, 3.63) is 93.3 Å². The van der Waals surface area contributed by atoms with E-state index in [9.17, 15) is 18.4 Å². The van der Waals surface area contributed by atoms with Crippen LogP contribution in [0, 0.1) is 11.6 Å². The molecule has 0 fully saturated rings. The fourth-order valence-electron chi connectivity index (χ4n) is 4.27. The smallest absolute Gasteiger partial charge is 0.343 e. The van der Waals surface area contributed by atoms with Crippen LogP contribution < -0.4 is 5.43 Å². The Hall–Kier alpha value is -3.36. The van der Waals surface area contributed by atoms with Gasteiger partial charge in [-0.25, -0.2) is 13.6 Å². The average molecular weight is 511 g/mol. The standard InChI is InChI=1S/C28H28F2N2O3S/c1-4-31(5-2)15-20-24-25(33)21(28(34)35-6-3)17-32(16-19-22(29)13-10-14-23(19)30)27(24)36-26(20)18-11-8-7-9-12-18/h7-14,17H,4-6,15-16H2,1-3H3. The number of nitrogens with zero attached hydrogens (tertiary/aromatic N) is 2. The molecule has 0 saturated carbocycles. The SMILES string of the molecule is CCOC(=O)c1cn(Cc2c(F)cccc2F)c2sc(-c3ccccc3)c(CN(CC)CC)c2c1=O. The summed E-state index contributed by atoms with van der Waals surface area (Å²) in [6.07, 6.45) is 1.36. The maximum Gasteiger partial charge on any atom is 0.343 e. The van der Waals surface area contributed by atoms with Crippen LogP contribution in [-0.2, 0) is 17.8 Å². The molecule has 188 valence electrons. The van der Waals surface area contributed by atoms with Crippen molar-refractivity contribution in [1.29, 1.82) is 0 Å². The van der Waals surface area contributed by atoms with Gasteiger partial charge in [-0.3, -0.25) is 9.69 Å². The van der Waals surface area contributed by atoms with Crippen molar-refractivity contribution in [1.82, 2.24) is 9.47 Å². The third-order valence-corrected chi connectivity index (χ3v) is 7.52. The fourth-order valence-corrected chi connectivity index (χ4v) is 5.56. The molecule has 2 aromatic heterocycles. The zero-order valence-electron chi connectivity index (χ0n) is 20.5. The number of thiophene rings is 1. The van der Waals surface area contributed by atoms with Crippen molar-refractivity contribution in [3.63, 3.8) is 0 Å². The molecule has 0 aliphatic carbocycles. The molecule has 0 aliphatic rings. The van der Waals surface area contributed by atoms with Gasteiger partial charge in [0.2, 0.25) is 5.43 Å². The molecule has 0 aliphatic heterocycles. The lowest BCUT2D eigenvalue weighted by Gasteiger charge is -2.19. The normalized spacial score (nSPS) is 11.4.